The molecule has 0 spiro atoms. The number of nitrogens with one attached hydrogen (secondary N) is 1. The van der Waals surface area contributed by atoms with E-state index in [1.54, 1.807) is 22.6 Å². The van der Waals surface area contributed by atoms with E-state index >= 15 is 0 Å². The van der Waals surface area contributed by atoms with E-state index in [1.165, 1.54) is 17.0 Å². The van der Waals surface area contributed by atoms with Gasteiger partial charge < -0.3 is 9.67 Å². The minimum absolute atomic E-state index is 0.0507. The largest absolute Gasteiger partial charge is 0.503 e. The zero-order valence-electron chi connectivity index (χ0n) is 18.0. The molecule has 1 heterocycles. The average molecular weight is 604 g/mol. The van der Waals surface area contributed by atoms with Gasteiger partial charge in [0.05, 0.1) is 14.7 Å². The summed E-state index contributed by atoms with van der Waals surface area (Å²) in [4.78, 5) is 24.9. The van der Waals surface area contributed by atoms with Crippen molar-refractivity contribution in [3.05, 3.63) is 116 Å². The van der Waals surface area contributed by atoms with Crippen molar-refractivity contribution < 1.29 is 22.7 Å². The van der Waals surface area contributed by atoms with Gasteiger partial charge in [-0.25, -0.2) is 17.5 Å². The number of nitrogens with zero attached hydrogens (tertiary/aromatic N) is 1. The zero-order valence-corrected chi connectivity index (χ0v) is 21.0. The molecular weight excluding hydrogens is 586 g/mol. The summed E-state index contributed by atoms with van der Waals surface area (Å²) < 4.78 is 42.1. The smallest absolute Gasteiger partial charge is 0.270 e. The van der Waals surface area contributed by atoms with E-state index in [-0.39, 0.29) is 15.0 Å². The van der Waals surface area contributed by atoms with Gasteiger partial charge in [0.1, 0.15) is 11.4 Å². The minimum Gasteiger partial charge on any atom is -0.503 e. The lowest BCUT2D eigenvalue weighted by Gasteiger charge is -2.14. The Morgan fingerprint density at radius 3 is 2.40 bits per heavy atom. The SMILES string of the molecule is O=C(NS(=O)(=O)c1ccc(F)c(I)c1)c1cn(Cc2ccccc2-c2ccccc2)cc(O)c1=O. The number of rotatable bonds is 6. The van der Waals surface area contributed by atoms with Crippen LogP contribution in [0.1, 0.15) is 15.9 Å². The van der Waals surface area contributed by atoms with E-state index in [4.69, 9.17) is 0 Å². The summed E-state index contributed by atoms with van der Waals surface area (Å²) in [6.07, 6.45) is 2.36. The molecule has 1 aromatic heterocycles. The van der Waals surface area contributed by atoms with Crippen molar-refractivity contribution in [1.29, 1.82) is 0 Å². The molecule has 1 amide bonds. The number of carbonyl (C=O) groups excluding carboxylic acids is 1. The molecule has 0 aliphatic heterocycles. The molecule has 7 nitrogen and oxygen atoms in total. The van der Waals surface area contributed by atoms with Crippen LogP contribution in [0.25, 0.3) is 11.1 Å². The first kappa shape index (κ1) is 24.6. The normalized spacial score (nSPS) is 11.3. The predicted octanol–water partition coefficient (Wildman–Crippen LogP) is 4.13. The molecule has 10 heteroatoms. The highest BCUT2D eigenvalue weighted by Crippen LogP contribution is 2.24. The maximum atomic E-state index is 13.5. The van der Waals surface area contributed by atoms with Crippen molar-refractivity contribution >= 4 is 38.5 Å². The summed E-state index contributed by atoms with van der Waals surface area (Å²) in [6.45, 7) is 0.197. The van der Waals surface area contributed by atoms with Gasteiger partial charge in [-0.3, -0.25) is 9.59 Å². The van der Waals surface area contributed by atoms with Gasteiger partial charge in [-0.15, -0.1) is 0 Å². The highest BCUT2D eigenvalue weighted by molar-refractivity contribution is 14.1. The van der Waals surface area contributed by atoms with Gasteiger partial charge in [-0.05, 0) is 57.5 Å². The predicted molar refractivity (Wildman–Crippen MR) is 137 cm³/mol. The van der Waals surface area contributed by atoms with Gasteiger partial charge in [0, 0.05) is 12.7 Å². The highest BCUT2D eigenvalue weighted by Gasteiger charge is 2.23. The van der Waals surface area contributed by atoms with Crippen molar-refractivity contribution in [2.45, 2.75) is 11.4 Å². The summed E-state index contributed by atoms with van der Waals surface area (Å²) in [5.74, 6) is -2.53. The zero-order chi connectivity index (χ0) is 25.2. The molecule has 35 heavy (non-hydrogen) atoms. The number of carbonyl (C=O) groups is 1. The van der Waals surface area contributed by atoms with Crippen LogP contribution in [0.2, 0.25) is 0 Å². The van der Waals surface area contributed by atoms with Gasteiger partial charge in [-0.1, -0.05) is 54.6 Å². The Labute approximate surface area is 214 Å². The molecule has 0 unspecified atom stereocenters. The summed E-state index contributed by atoms with van der Waals surface area (Å²) in [5.41, 5.74) is 1.17. The fourth-order valence-electron chi connectivity index (χ4n) is 3.50. The molecular formula is C25H18FIN2O5S. The van der Waals surface area contributed by atoms with E-state index in [2.05, 4.69) is 0 Å². The molecule has 4 rings (SSSR count). The molecule has 4 aromatic rings. The Balaban J connectivity index is 1.66. The fraction of sp³-hybridized carbons (Fsp3) is 0.0400. The van der Waals surface area contributed by atoms with Crippen LogP contribution in [-0.2, 0) is 16.6 Å². The molecule has 0 bridgehead atoms. The first-order chi connectivity index (χ1) is 16.7. The maximum Gasteiger partial charge on any atom is 0.270 e. The van der Waals surface area contributed by atoms with Gasteiger partial charge in [-0.2, -0.15) is 0 Å². The number of amides is 1. The molecule has 0 fully saturated rings. The van der Waals surface area contributed by atoms with Crippen molar-refractivity contribution in [3.63, 3.8) is 0 Å². The number of aromatic hydroxyl groups is 1. The molecule has 0 aliphatic carbocycles. The van der Waals surface area contributed by atoms with Gasteiger partial charge in [0.25, 0.3) is 15.9 Å². The van der Waals surface area contributed by atoms with Crippen LogP contribution in [0.4, 0.5) is 4.39 Å². The van der Waals surface area contributed by atoms with E-state index in [0.717, 1.165) is 34.9 Å². The second kappa shape index (κ2) is 10.0. The number of hydrogen-bond acceptors (Lipinski definition) is 5. The van der Waals surface area contributed by atoms with Crippen molar-refractivity contribution in [2.24, 2.45) is 0 Å². The van der Waals surface area contributed by atoms with E-state index in [0.29, 0.717) is 0 Å². The topological polar surface area (TPSA) is 105 Å². The summed E-state index contributed by atoms with van der Waals surface area (Å²) in [5, 5.41) is 10.2. The maximum absolute atomic E-state index is 13.5. The first-order valence-corrected chi connectivity index (χ1v) is 12.8. The first-order valence-electron chi connectivity index (χ1n) is 10.2. The third-order valence-electron chi connectivity index (χ3n) is 5.19. The number of halogens is 2. The number of pyridine rings is 1. The van der Waals surface area contributed by atoms with Gasteiger partial charge in [0.2, 0.25) is 5.43 Å². The van der Waals surface area contributed by atoms with Crippen LogP contribution >= 0.6 is 22.6 Å². The van der Waals surface area contributed by atoms with E-state index in [1.807, 2.05) is 59.3 Å². The number of aromatic nitrogens is 1. The highest BCUT2D eigenvalue weighted by atomic mass is 127. The molecule has 0 radical (unpaired) electrons. The van der Waals surface area contributed by atoms with Crippen LogP contribution in [0.5, 0.6) is 5.75 Å². The summed E-state index contributed by atoms with van der Waals surface area (Å²) >= 11 is 1.63. The molecule has 2 N–H and O–H groups in total. The van der Waals surface area contributed by atoms with Gasteiger partial charge >= 0.3 is 0 Å². The minimum atomic E-state index is -4.39. The summed E-state index contributed by atoms with van der Waals surface area (Å²) in [6, 6.07) is 20.2. The molecule has 178 valence electrons. The van der Waals surface area contributed by atoms with Crippen LogP contribution in [0.3, 0.4) is 0 Å². The lowest BCUT2D eigenvalue weighted by atomic mass is 9.99. The Kier molecular flexibility index (Phi) is 7.03. The molecule has 0 atom stereocenters. The molecule has 0 saturated carbocycles. The van der Waals surface area contributed by atoms with E-state index in [9.17, 15) is 27.5 Å². The van der Waals surface area contributed by atoms with E-state index < -0.39 is 38.5 Å². The van der Waals surface area contributed by atoms with Crippen LogP contribution in [0.15, 0.2) is 94.9 Å². The van der Waals surface area contributed by atoms with Crippen molar-refractivity contribution in [2.75, 3.05) is 0 Å². The lowest BCUT2D eigenvalue weighted by Crippen LogP contribution is -2.34. The second-order valence-corrected chi connectivity index (χ2v) is 10.4. The second-order valence-electron chi connectivity index (χ2n) is 7.59. The lowest BCUT2D eigenvalue weighted by molar-refractivity contribution is 0.0979. The Hall–Kier alpha value is -3.51. The quantitative estimate of drug-likeness (QED) is 0.322. The average Bonchev–Trinajstić information content (AvgIpc) is 2.83. The third kappa shape index (κ3) is 5.43. The number of hydrogen-bond donors (Lipinski definition) is 2. The van der Waals surface area contributed by atoms with Gasteiger partial charge in [0.15, 0.2) is 5.75 Å². The van der Waals surface area contributed by atoms with Crippen molar-refractivity contribution in [1.82, 2.24) is 9.29 Å². The third-order valence-corrected chi connectivity index (χ3v) is 7.34. The number of benzene rings is 3. The Bertz CT molecular complexity index is 1590. The van der Waals surface area contributed by atoms with Crippen LogP contribution in [-0.4, -0.2) is 24.0 Å². The summed E-state index contributed by atoms with van der Waals surface area (Å²) in [7, 11) is -4.39. The van der Waals surface area contributed by atoms with Crippen LogP contribution in [0, 0.1) is 9.39 Å². The standard InChI is InChI=1S/C25H18FIN2O5S/c26-21-11-10-18(12-22(21)27)35(33,34)28-25(32)20-14-29(15-23(30)24(20)31)13-17-8-4-5-9-19(17)16-6-2-1-3-7-16/h1-12,14-15,30H,13H2,(H,28,32). The Morgan fingerprint density at radius 1 is 1.00 bits per heavy atom. The van der Waals surface area contributed by atoms with Crippen LogP contribution < -0.4 is 10.2 Å². The number of sulfonamides is 1. The fourth-order valence-corrected chi connectivity index (χ4v) is 5.22. The Morgan fingerprint density at radius 2 is 1.69 bits per heavy atom. The molecule has 3 aromatic carbocycles. The van der Waals surface area contributed by atoms with Crippen molar-refractivity contribution in [3.8, 4) is 16.9 Å². The molecule has 0 saturated heterocycles. The molecule has 0 aliphatic rings. The monoisotopic (exact) mass is 604 g/mol.